The predicted molar refractivity (Wildman–Crippen MR) is 131 cm³/mol. The van der Waals surface area contributed by atoms with E-state index >= 15 is 0 Å². The molecule has 5 heteroatoms. The molecule has 5 nitrogen and oxygen atoms in total. The Morgan fingerprint density at radius 3 is 1.94 bits per heavy atom. The molecular formula is C28H21N3O2. The quantitative estimate of drug-likeness (QED) is 0.230. The van der Waals surface area contributed by atoms with Crippen molar-refractivity contribution in [1.82, 2.24) is 0 Å². The molecular weight excluding hydrogens is 410 g/mol. The van der Waals surface area contributed by atoms with E-state index in [2.05, 4.69) is 4.99 Å². The molecule has 1 unspecified atom stereocenters. The minimum absolute atomic E-state index is 0.477. The first-order valence-electron chi connectivity index (χ1n) is 10.6. The average Bonchev–Trinajstić information content (AvgIpc) is 3.31. The SMILES string of the molecule is OOC1(c2ccccc2)N=C(c2ccc(N=Cc3ccccc3)cc2)N=C1c1ccccc1. The molecule has 1 aliphatic rings. The summed E-state index contributed by atoms with van der Waals surface area (Å²) in [6.45, 7) is 0. The van der Waals surface area contributed by atoms with Crippen molar-refractivity contribution in [3.63, 3.8) is 0 Å². The Bertz CT molecular complexity index is 1320. The lowest BCUT2D eigenvalue weighted by molar-refractivity contribution is -0.302. The molecule has 0 spiro atoms. The number of hydrogen-bond donors (Lipinski definition) is 1. The Balaban J connectivity index is 1.52. The van der Waals surface area contributed by atoms with Crippen LogP contribution in [-0.2, 0) is 10.6 Å². The van der Waals surface area contributed by atoms with Crippen molar-refractivity contribution in [2.75, 3.05) is 0 Å². The molecule has 0 amide bonds. The molecule has 0 radical (unpaired) electrons. The fourth-order valence-electron chi connectivity index (χ4n) is 3.76. The van der Waals surface area contributed by atoms with Gasteiger partial charge in [0.1, 0.15) is 5.71 Å². The van der Waals surface area contributed by atoms with Crippen LogP contribution in [0.25, 0.3) is 0 Å². The van der Waals surface area contributed by atoms with Crippen molar-refractivity contribution in [3.8, 4) is 0 Å². The van der Waals surface area contributed by atoms with Gasteiger partial charge in [0.05, 0.1) is 5.69 Å². The zero-order valence-corrected chi connectivity index (χ0v) is 17.7. The van der Waals surface area contributed by atoms with Gasteiger partial charge in [-0.1, -0.05) is 91.0 Å². The van der Waals surface area contributed by atoms with Crippen LogP contribution in [0.15, 0.2) is 130 Å². The van der Waals surface area contributed by atoms with Crippen LogP contribution >= 0.6 is 0 Å². The molecule has 0 aliphatic carbocycles. The molecule has 5 rings (SSSR count). The van der Waals surface area contributed by atoms with Crippen LogP contribution < -0.4 is 0 Å². The smallest absolute Gasteiger partial charge is 0.256 e. The number of rotatable bonds is 6. The summed E-state index contributed by atoms with van der Waals surface area (Å²) in [5.74, 6) is 0.477. The van der Waals surface area contributed by atoms with Crippen molar-refractivity contribution >= 4 is 23.4 Å². The van der Waals surface area contributed by atoms with E-state index in [1.807, 2.05) is 121 Å². The molecule has 1 heterocycles. The topological polar surface area (TPSA) is 66.5 Å². The lowest BCUT2D eigenvalue weighted by Crippen LogP contribution is -2.34. The number of benzene rings is 4. The molecule has 1 aliphatic heterocycles. The molecule has 0 saturated carbocycles. The van der Waals surface area contributed by atoms with Crippen molar-refractivity contribution in [1.29, 1.82) is 0 Å². The summed E-state index contributed by atoms with van der Waals surface area (Å²) in [6.07, 6.45) is 1.83. The zero-order chi connectivity index (χ0) is 22.5. The van der Waals surface area contributed by atoms with Gasteiger partial charge in [-0.2, -0.15) is 4.89 Å². The summed E-state index contributed by atoms with van der Waals surface area (Å²) in [7, 11) is 0. The maximum Gasteiger partial charge on any atom is 0.262 e. The number of hydrogen-bond acceptors (Lipinski definition) is 5. The van der Waals surface area contributed by atoms with Gasteiger partial charge >= 0.3 is 0 Å². The van der Waals surface area contributed by atoms with E-state index in [-0.39, 0.29) is 0 Å². The minimum Gasteiger partial charge on any atom is -0.256 e. The van der Waals surface area contributed by atoms with E-state index in [9.17, 15) is 5.26 Å². The van der Waals surface area contributed by atoms with Gasteiger partial charge in [0.25, 0.3) is 5.72 Å². The molecule has 0 saturated heterocycles. The standard InChI is InChI=1S/C28H21N3O2/c32-33-28(24-14-8-3-9-15-24)26(22-12-6-2-7-13-22)30-27(31-28)23-16-18-25(19-17-23)29-20-21-10-4-1-5-11-21/h1-20,32H. The maximum atomic E-state index is 10.1. The van der Waals surface area contributed by atoms with Crippen LogP contribution in [0.4, 0.5) is 5.69 Å². The van der Waals surface area contributed by atoms with Gasteiger partial charge in [0, 0.05) is 22.9 Å². The van der Waals surface area contributed by atoms with Gasteiger partial charge < -0.3 is 0 Å². The number of nitrogens with zero attached hydrogens (tertiary/aromatic N) is 3. The van der Waals surface area contributed by atoms with Crippen LogP contribution in [0, 0.1) is 0 Å². The largest absolute Gasteiger partial charge is 0.262 e. The van der Waals surface area contributed by atoms with E-state index < -0.39 is 5.72 Å². The fourth-order valence-corrected chi connectivity index (χ4v) is 3.76. The highest BCUT2D eigenvalue weighted by Crippen LogP contribution is 2.36. The predicted octanol–water partition coefficient (Wildman–Crippen LogP) is 6.03. The molecule has 0 aromatic heterocycles. The van der Waals surface area contributed by atoms with Gasteiger partial charge in [-0.05, 0) is 29.8 Å². The molecule has 160 valence electrons. The summed E-state index contributed by atoms with van der Waals surface area (Å²) in [5.41, 5.74) is 3.25. The third-order valence-corrected chi connectivity index (χ3v) is 5.43. The van der Waals surface area contributed by atoms with Gasteiger partial charge in [-0.25, -0.2) is 15.2 Å². The first-order valence-corrected chi connectivity index (χ1v) is 10.6. The molecule has 0 fully saturated rings. The third kappa shape index (κ3) is 4.15. The van der Waals surface area contributed by atoms with E-state index in [4.69, 9.17) is 14.9 Å². The average molecular weight is 431 g/mol. The van der Waals surface area contributed by atoms with Crippen molar-refractivity contribution in [2.24, 2.45) is 15.0 Å². The maximum absolute atomic E-state index is 10.1. The minimum atomic E-state index is -1.44. The van der Waals surface area contributed by atoms with Gasteiger partial charge in [-0.15, -0.1) is 0 Å². The molecule has 1 N–H and O–H groups in total. The summed E-state index contributed by atoms with van der Waals surface area (Å²) in [6, 6.07) is 36.6. The normalized spacial score (nSPS) is 17.7. The monoisotopic (exact) mass is 431 g/mol. The van der Waals surface area contributed by atoms with Crippen molar-refractivity contribution < 1.29 is 10.1 Å². The number of amidine groups is 1. The summed E-state index contributed by atoms with van der Waals surface area (Å²) in [5, 5.41) is 10.1. The zero-order valence-electron chi connectivity index (χ0n) is 17.7. The van der Waals surface area contributed by atoms with E-state index in [0.29, 0.717) is 17.1 Å². The molecule has 0 bridgehead atoms. The van der Waals surface area contributed by atoms with Gasteiger partial charge in [0.15, 0.2) is 5.84 Å². The molecule has 4 aromatic rings. The summed E-state index contributed by atoms with van der Waals surface area (Å²) < 4.78 is 0. The lowest BCUT2D eigenvalue weighted by Gasteiger charge is -2.24. The molecule has 33 heavy (non-hydrogen) atoms. The Hall–Kier alpha value is -4.19. The first-order chi connectivity index (χ1) is 16.3. The summed E-state index contributed by atoms with van der Waals surface area (Å²) in [4.78, 5) is 19.2. The van der Waals surface area contributed by atoms with E-state index in [1.54, 1.807) is 0 Å². The molecule has 1 atom stereocenters. The Morgan fingerprint density at radius 1 is 0.697 bits per heavy atom. The van der Waals surface area contributed by atoms with Crippen LogP contribution in [0.5, 0.6) is 0 Å². The van der Waals surface area contributed by atoms with Crippen LogP contribution in [0.1, 0.15) is 22.3 Å². The second kappa shape index (κ2) is 9.12. The highest BCUT2D eigenvalue weighted by Gasteiger charge is 2.45. The van der Waals surface area contributed by atoms with E-state index in [0.717, 1.165) is 22.4 Å². The number of aliphatic imine (C=N–C) groups is 3. The van der Waals surface area contributed by atoms with Crippen LogP contribution in [0.3, 0.4) is 0 Å². The Morgan fingerprint density at radius 2 is 1.30 bits per heavy atom. The first kappa shape index (κ1) is 20.7. The van der Waals surface area contributed by atoms with Crippen molar-refractivity contribution in [3.05, 3.63) is 138 Å². The highest BCUT2D eigenvalue weighted by atomic mass is 17.1. The van der Waals surface area contributed by atoms with Gasteiger partial charge in [-0.3, -0.25) is 4.99 Å². The van der Waals surface area contributed by atoms with Crippen LogP contribution in [-0.4, -0.2) is 23.0 Å². The lowest BCUT2D eigenvalue weighted by atomic mass is 9.93. The second-order valence-electron chi connectivity index (χ2n) is 7.58. The second-order valence-corrected chi connectivity index (χ2v) is 7.58. The molecule has 4 aromatic carbocycles. The van der Waals surface area contributed by atoms with Gasteiger partial charge in [0.2, 0.25) is 0 Å². The fraction of sp³-hybridized carbons (Fsp3) is 0.0357. The third-order valence-electron chi connectivity index (χ3n) is 5.43. The van der Waals surface area contributed by atoms with Crippen LogP contribution in [0.2, 0.25) is 0 Å². The van der Waals surface area contributed by atoms with E-state index in [1.165, 1.54) is 0 Å². The summed E-state index contributed by atoms with van der Waals surface area (Å²) >= 11 is 0. The Kier molecular flexibility index (Phi) is 5.72. The van der Waals surface area contributed by atoms with Crippen molar-refractivity contribution in [2.45, 2.75) is 5.72 Å². The highest BCUT2D eigenvalue weighted by molar-refractivity contribution is 6.20. The Labute approximate surface area is 192 Å².